The molecule has 0 radical (unpaired) electrons. The molecule has 0 bridgehead atoms. The fourth-order valence-electron chi connectivity index (χ4n) is 4.39. The van der Waals surface area contributed by atoms with E-state index in [2.05, 4.69) is 10.3 Å². The van der Waals surface area contributed by atoms with Crippen LogP contribution in [0.4, 0.5) is 0 Å². The van der Waals surface area contributed by atoms with E-state index in [-0.39, 0.29) is 24.4 Å². The second-order valence-corrected chi connectivity index (χ2v) is 7.80. The van der Waals surface area contributed by atoms with Gasteiger partial charge in [-0.2, -0.15) is 0 Å². The van der Waals surface area contributed by atoms with Gasteiger partial charge in [0.2, 0.25) is 5.91 Å². The van der Waals surface area contributed by atoms with Crippen molar-refractivity contribution in [3.8, 4) is 0 Å². The Morgan fingerprint density at radius 2 is 1.65 bits per heavy atom. The number of fused-ring (bicyclic) bond motifs is 2. The number of hydrogen-bond acceptors (Lipinski definition) is 2. The Morgan fingerprint density at radius 3 is 2.52 bits per heavy atom. The lowest BCUT2D eigenvalue weighted by Crippen LogP contribution is -2.40. The fourth-order valence-corrected chi connectivity index (χ4v) is 4.39. The molecule has 5 nitrogen and oxygen atoms in total. The lowest BCUT2D eigenvalue weighted by atomic mass is 9.97. The molecule has 2 amide bonds. The number of carbonyl (C=O) groups is 2. The fraction of sp³-hybridized carbons (Fsp3) is 0.154. The highest BCUT2D eigenvalue weighted by molar-refractivity contribution is 6.02. The standard InChI is InChI=1S/C26H23N3O2/c30-24(27-15-14-18-8-2-1-3-9-18)17-29-25(20-11-4-5-12-21(20)26(29)31)22-16-28-23-13-7-6-10-19(22)23/h1-13,16,25,28H,14-15,17H2,(H,27,30)/t25-/m1/s1. The molecular formula is C26H23N3O2. The summed E-state index contributed by atoms with van der Waals surface area (Å²) in [7, 11) is 0. The maximum Gasteiger partial charge on any atom is 0.255 e. The van der Waals surface area contributed by atoms with Crippen LogP contribution in [0.3, 0.4) is 0 Å². The van der Waals surface area contributed by atoms with E-state index < -0.39 is 0 Å². The lowest BCUT2D eigenvalue weighted by molar-refractivity contribution is -0.122. The highest BCUT2D eigenvalue weighted by Crippen LogP contribution is 2.40. The minimum atomic E-state index is -0.292. The molecule has 0 aliphatic carbocycles. The summed E-state index contributed by atoms with van der Waals surface area (Å²) in [6.07, 6.45) is 2.71. The predicted octanol–water partition coefficient (Wildman–Crippen LogP) is 4.07. The third kappa shape index (κ3) is 3.59. The molecule has 1 aliphatic rings. The molecule has 0 spiro atoms. The molecule has 3 aromatic carbocycles. The number of benzene rings is 3. The van der Waals surface area contributed by atoms with Crippen molar-refractivity contribution in [2.24, 2.45) is 0 Å². The molecular weight excluding hydrogens is 386 g/mol. The quantitative estimate of drug-likeness (QED) is 0.504. The largest absolute Gasteiger partial charge is 0.361 e. The monoisotopic (exact) mass is 409 g/mol. The third-order valence-corrected chi connectivity index (χ3v) is 5.87. The van der Waals surface area contributed by atoms with Gasteiger partial charge in [0, 0.05) is 34.8 Å². The van der Waals surface area contributed by atoms with E-state index in [0.717, 1.165) is 28.5 Å². The number of aromatic nitrogens is 1. The zero-order valence-corrected chi connectivity index (χ0v) is 17.0. The summed E-state index contributed by atoms with van der Waals surface area (Å²) < 4.78 is 0. The van der Waals surface area contributed by atoms with Crippen molar-refractivity contribution in [1.82, 2.24) is 15.2 Å². The number of hydrogen-bond donors (Lipinski definition) is 2. The van der Waals surface area contributed by atoms with Crippen LogP contribution in [0.2, 0.25) is 0 Å². The number of H-pyrrole nitrogens is 1. The summed E-state index contributed by atoms with van der Waals surface area (Å²) >= 11 is 0. The average Bonchev–Trinajstić information content (AvgIpc) is 3.34. The van der Waals surface area contributed by atoms with Crippen LogP contribution in [-0.2, 0) is 11.2 Å². The number of aromatic amines is 1. The summed E-state index contributed by atoms with van der Waals surface area (Å²) in [4.78, 5) is 30.9. The Hall–Kier alpha value is -3.86. The van der Waals surface area contributed by atoms with Gasteiger partial charge in [-0.25, -0.2) is 0 Å². The molecule has 5 rings (SSSR count). The first-order valence-corrected chi connectivity index (χ1v) is 10.5. The first-order valence-electron chi connectivity index (χ1n) is 10.5. The van der Waals surface area contributed by atoms with Crippen molar-refractivity contribution in [2.75, 3.05) is 13.1 Å². The second kappa shape index (κ2) is 8.11. The van der Waals surface area contributed by atoms with Crippen LogP contribution in [-0.4, -0.2) is 34.8 Å². The first-order chi connectivity index (χ1) is 15.2. The van der Waals surface area contributed by atoms with Gasteiger partial charge in [-0.05, 0) is 29.7 Å². The van der Waals surface area contributed by atoms with Crippen molar-refractivity contribution < 1.29 is 9.59 Å². The molecule has 0 saturated heterocycles. The normalized spacial score (nSPS) is 15.3. The Balaban J connectivity index is 1.39. The molecule has 31 heavy (non-hydrogen) atoms. The SMILES string of the molecule is O=C(CN1C(=O)c2ccccc2[C@@H]1c1c[nH]c2ccccc12)NCCc1ccccc1. The van der Waals surface area contributed by atoms with Crippen molar-refractivity contribution in [3.05, 3.63) is 107 Å². The molecule has 1 atom stereocenters. The average molecular weight is 409 g/mol. The number of carbonyl (C=O) groups excluding carboxylic acids is 2. The van der Waals surface area contributed by atoms with E-state index in [0.29, 0.717) is 12.1 Å². The van der Waals surface area contributed by atoms with Crippen molar-refractivity contribution >= 4 is 22.7 Å². The smallest absolute Gasteiger partial charge is 0.255 e. The Morgan fingerprint density at radius 1 is 0.903 bits per heavy atom. The highest BCUT2D eigenvalue weighted by Gasteiger charge is 2.39. The van der Waals surface area contributed by atoms with Crippen LogP contribution in [0.5, 0.6) is 0 Å². The van der Waals surface area contributed by atoms with Gasteiger partial charge in [-0.1, -0.05) is 66.7 Å². The van der Waals surface area contributed by atoms with Crippen LogP contribution < -0.4 is 5.32 Å². The maximum atomic E-state index is 13.2. The number of para-hydroxylation sites is 1. The highest BCUT2D eigenvalue weighted by atomic mass is 16.2. The molecule has 2 heterocycles. The molecule has 1 aliphatic heterocycles. The minimum Gasteiger partial charge on any atom is -0.361 e. The van der Waals surface area contributed by atoms with E-state index >= 15 is 0 Å². The topological polar surface area (TPSA) is 65.2 Å². The van der Waals surface area contributed by atoms with E-state index in [1.165, 1.54) is 5.56 Å². The zero-order valence-electron chi connectivity index (χ0n) is 17.0. The summed E-state index contributed by atoms with van der Waals surface area (Å²) in [5.41, 5.74) is 4.79. The predicted molar refractivity (Wildman–Crippen MR) is 121 cm³/mol. The van der Waals surface area contributed by atoms with Crippen molar-refractivity contribution in [2.45, 2.75) is 12.5 Å². The Kier molecular flexibility index (Phi) is 5.00. The molecule has 2 N–H and O–H groups in total. The van der Waals surface area contributed by atoms with E-state index in [1.807, 2.05) is 85.1 Å². The summed E-state index contributed by atoms with van der Waals surface area (Å²) in [6.45, 7) is 0.558. The molecule has 1 aromatic heterocycles. The van der Waals surface area contributed by atoms with Gasteiger partial charge < -0.3 is 15.2 Å². The van der Waals surface area contributed by atoms with Gasteiger partial charge in [0.15, 0.2) is 0 Å². The number of amides is 2. The number of nitrogens with zero attached hydrogens (tertiary/aromatic N) is 1. The number of rotatable bonds is 6. The Labute approximate surface area is 180 Å². The second-order valence-electron chi connectivity index (χ2n) is 7.80. The van der Waals surface area contributed by atoms with Crippen LogP contribution in [0.15, 0.2) is 85.1 Å². The molecule has 0 fully saturated rings. The minimum absolute atomic E-state index is 0.0203. The van der Waals surface area contributed by atoms with Crippen molar-refractivity contribution in [3.63, 3.8) is 0 Å². The van der Waals surface area contributed by atoms with Gasteiger partial charge in [0.25, 0.3) is 5.91 Å². The van der Waals surface area contributed by atoms with Crippen molar-refractivity contribution in [1.29, 1.82) is 0 Å². The van der Waals surface area contributed by atoms with Crippen LogP contribution in [0, 0.1) is 0 Å². The van der Waals surface area contributed by atoms with Crippen LogP contribution in [0.1, 0.15) is 33.1 Å². The molecule has 0 unspecified atom stereocenters. The molecule has 154 valence electrons. The van der Waals surface area contributed by atoms with E-state index in [9.17, 15) is 9.59 Å². The van der Waals surface area contributed by atoms with Gasteiger partial charge in [0.05, 0.1) is 6.04 Å². The van der Waals surface area contributed by atoms with Crippen LogP contribution in [0.25, 0.3) is 10.9 Å². The summed E-state index contributed by atoms with van der Waals surface area (Å²) in [6, 6.07) is 25.4. The molecule has 5 heteroatoms. The molecule has 0 saturated carbocycles. The summed E-state index contributed by atoms with van der Waals surface area (Å²) in [5, 5.41) is 4.03. The van der Waals surface area contributed by atoms with E-state index in [4.69, 9.17) is 0 Å². The van der Waals surface area contributed by atoms with Gasteiger partial charge in [-0.15, -0.1) is 0 Å². The van der Waals surface area contributed by atoms with Gasteiger partial charge in [0.1, 0.15) is 6.54 Å². The molecule has 4 aromatic rings. The Bertz CT molecular complexity index is 1250. The van der Waals surface area contributed by atoms with E-state index in [1.54, 1.807) is 4.90 Å². The van der Waals surface area contributed by atoms with Gasteiger partial charge >= 0.3 is 0 Å². The van der Waals surface area contributed by atoms with Crippen LogP contribution >= 0.6 is 0 Å². The number of nitrogens with one attached hydrogen (secondary N) is 2. The lowest BCUT2D eigenvalue weighted by Gasteiger charge is -2.25. The summed E-state index contributed by atoms with van der Waals surface area (Å²) in [5.74, 6) is -0.258. The zero-order chi connectivity index (χ0) is 21.2. The first kappa shape index (κ1) is 19.1. The van der Waals surface area contributed by atoms with Gasteiger partial charge in [-0.3, -0.25) is 9.59 Å². The third-order valence-electron chi connectivity index (χ3n) is 5.87. The maximum absolute atomic E-state index is 13.2.